The smallest absolute Gasteiger partial charge is 0.0148 e. The predicted octanol–water partition coefficient (Wildman–Crippen LogP) is 3.15. The molecule has 0 heterocycles. The molecule has 0 aliphatic heterocycles. The van der Waals surface area contributed by atoms with Crippen LogP contribution in [0.25, 0.3) is 0 Å². The zero-order chi connectivity index (χ0) is 9.78. The minimum Gasteiger partial charge on any atom is -0.160 e. The van der Waals surface area contributed by atoms with Crippen molar-refractivity contribution in [2.45, 2.75) is 13.8 Å². The maximum atomic E-state index is 2.99. The summed E-state index contributed by atoms with van der Waals surface area (Å²) in [5, 5.41) is 5.97. The average Bonchev–Trinajstić information content (AvgIpc) is 2.16. The summed E-state index contributed by atoms with van der Waals surface area (Å²) in [6.45, 7) is 3.75. The van der Waals surface area contributed by atoms with Crippen LogP contribution in [0.1, 0.15) is 13.8 Å². The molecule has 0 saturated carbocycles. The lowest BCUT2D eigenvalue weighted by Gasteiger charge is -1.95. The normalized spacial score (nSPS) is 8.15. The molecule has 0 spiro atoms. The summed E-state index contributed by atoms with van der Waals surface area (Å²) < 4.78 is 0. The molecule has 13 heavy (non-hydrogen) atoms. The van der Waals surface area contributed by atoms with Crippen LogP contribution >= 0.6 is 35.3 Å². The predicted molar refractivity (Wildman–Crippen MR) is 69.1 cm³/mol. The molecule has 0 fully saturated rings. The van der Waals surface area contributed by atoms with Crippen LogP contribution in [0.2, 0.25) is 0 Å². The van der Waals surface area contributed by atoms with Crippen molar-refractivity contribution in [3.8, 4) is 22.3 Å². The first-order valence-electron chi connectivity index (χ1n) is 4.06. The van der Waals surface area contributed by atoms with Crippen molar-refractivity contribution in [3.63, 3.8) is 0 Å². The van der Waals surface area contributed by atoms with Gasteiger partial charge in [-0.2, -0.15) is 11.8 Å². The monoisotopic (exact) mass is 230 g/mol. The van der Waals surface area contributed by atoms with Crippen molar-refractivity contribution in [1.29, 1.82) is 0 Å². The highest BCUT2D eigenvalue weighted by atomic mass is 32.2. The molecule has 3 heteroatoms. The molecule has 0 atom stereocenters. The molecule has 0 aromatic carbocycles. The van der Waals surface area contributed by atoms with E-state index in [4.69, 9.17) is 0 Å². The summed E-state index contributed by atoms with van der Waals surface area (Å²) in [6.07, 6.45) is 0. The van der Waals surface area contributed by atoms with Crippen LogP contribution in [0.3, 0.4) is 0 Å². The Balaban J connectivity index is 2.96. The van der Waals surface area contributed by atoms with Gasteiger partial charge in [-0.15, -0.1) is 0 Å². The Labute approximate surface area is 94.4 Å². The van der Waals surface area contributed by atoms with E-state index in [0.29, 0.717) is 0 Å². The first-order chi connectivity index (χ1) is 6.41. The van der Waals surface area contributed by atoms with Crippen LogP contribution < -0.4 is 0 Å². The molecule has 0 amide bonds. The summed E-state index contributed by atoms with van der Waals surface area (Å²) in [7, 11) is 0. The quantitative estimate of drug-likeness (QED) is 0.508. The highest BCUT2D eigenvalue weighted by Crippen LogP contribution is 2.08. The van der Waals surface area contributed by atoms with E-state index in [0.717, 1.165) is 11.5 Å². The third kappa shape index (κ3) is 12.2. The molecular weight excluding hydrogens is 216 g/mol. The maximum Gasteiger partial charge on any atom is 0.0148 e. The summed E-state index contributed by atoms with van der Waals surface area (Å²) in [6, 6.07) is 0. The zero-order valence-electron chi connectivity index (χ0n) is 8.05. The van der Waals surface area contributed by atoms with Gasteiger partial charge in [0.2, 0.25) is 0 Å². The van der Waals surface area contributed by atoms with Crippen LogP contribution in [0.4, 0.5) is 0 Å². The minimum absolute atomic E-state index is 1.13. The maximum absolute atomic E-state index is 2.99. The van der Waals surface area contributed by atoms with Gasteiger partial charge >= 0.3 is 0 Å². The van der Waals surface area contributed by atoms with Crippen molar-refractivity contribution in [2.24, 2.45) is 0 Å². The Morgan fingerprint density at radius 3 is 1.62 bits per heavy atom. The van der Waals surface area contributed by atoms with Gasteiger partial charge in [-0.25, -0.2) is 0 Å². The van der Waals surface area contributed by atoms with E-state index in [-0.39, 0.29) is 0 Å². The topological polar surface area (TPSA) is 0 Å². The lowest BCUT2D eigenvalue weighted by atomic mass is 10.8. The van der Waals surface area contributed by atoms with Crippen molar-refractivity contribution < 1.29 is 0 Å². The van der Waals surface area contributed by atoms with Gasteiger partial charge in [-0.3, -0.25) is 0 Å². The van der Waals surface area contributed by atoms with Gasteiger partial charge in [0.1, 0.15) is 0 Å². The van der Waals surface area contributed by atoms with E-state index >= 15 is 0 Å². The summed E-state index contributed by atoms with van der Waals surface area (Å²) >= 11 is 5.39. The van der Waals surface area contributed by atoms with Crippen molar-refractivity contribution in [2.75, 3.05) is 23.0 Å². The molecule has 0 saturated heterocycles. The van der Waals surface area contributed by atoms with E-state index < -0.39 is 0 Å². The van der Waals surface area contributed by atoms with Gasteiger partial charge in [-0.05, 0) is 24.4 Å². The van der Waals surface area contributed by atoms with Gasteiger partial charge in [0.05, 0.1) is 0 Å². The second kappa shape index (κ2) is 12.2. The molecule has 0 nitrogen and oxygen atoms in total. The van der Waals surface area contributed by atoms with Crippen molar-refractivity contribution in [1.82, 2.24) is 0 Å². The van der Waals surface area contributed by atoms with E-state index in [2.05, 4.69) is 22.3 Å². The van der Waals surface area contributed by atoms with Gasteiger partial charge in [0, 0.05) is 23.0 Å². The van der Waals surface area contributed by atoms with E-state index in [1.165, 1.54) is 11.5 Å². The second-order valence-electron chi connectivity index (χ2n) is 2.01. The molecule has 0 aliphatic rings. The Kier molecular flexibility index (Phi) is 12.3. The lowest BCUT2D eigenvalue weighted by molar-refractivity contribution is 1.50. The zero-order valence-corrected chi connectivity index (χ0v) is 10.5. The highest BCUT2D eigenvalue weighted by Gasteiger charge is 1.88. The molecule has 0 rings (SSSR count). The molecule has 0 aromatic heterocycles. The van der Waals surface area contributed by atoms with E-state index in [9.17, 15) is 0 Å². The fraction of sp³-hybridized carbons (Fsp3) is 0.600. The van der Waals surface area contributed by atoms with Crippen LogP contribution in [0, 0.1) is 22.3 Å². The van der Waals surface area contributed by atoms with Crippen LogP contribution in [-0.2, 0) is 0 Å². The van der Waals surface area contributed by atoms with Gasteiger partial charge in [-0.1, -0.05) is 35.4 Å². The molecule has 0 radical (unpaired) electrons. The average molecular weight is 230 g/mol. The van der Waals surface area contributed by atoms with Crippen molar-refractivity contribution >= 4 is 35.3 Å². The minimum atomic E-state index is 1.13. The summed E-state index contributed by atoms with van der Waals surface area (Å²) in [5.41, 5.74) is 0. The highest BCUT2D eigenvalue weighted by molar-refractivity contribution is 8.07. The number of rotatable bonds is 6. The fourth-order valence-electron chi connectivity index (χ4n) is 0.550. The van der Waals surface area contributed by atoms with Crippen molar-refractivity contribution in [3.05, 3.63) is 0 Å². The van der Waals surface area contributed by atoms with Gasteiger partial charge in [0.25, 0.3) is 0 Å². The van der Waals surface area contributed by atoms with E-state index in [1.54, 1.807) is 23.5 Å². The number of hydrogen-bond acceptors (Lipinski definition) is 3. The first kappa shape index (κ1) is 13.2. The van der Waals surface area contributed by atoms with E-state index in [1.807, 2.05) is 25.6 Å². The lowest BCUT2D eigenvalue weighted by Crippen LogP contribution is -1.87. The van der Waals surface area contributed by atoms with Gasteiger partial charge in [0.15, 0.2) is 0 Å². The fourth-order valence-corrected chi connectivity index (χ4v) is 2.86. The van der Waals surface area contributed by atoms with Crippen LogP contribution in [0.15, 0.2) is 0 Å². The molecule has 0 bridgehead atoms. The molecular formula is C10H14S3. The SMILES string of the molecule is CC#CSCCSCCSC#CC. The Bertz CT molecular complexity index is 190. The molecule has 72 valence electrons. The van der Waals surface area contributed by atoms with Crippen LogP contribution in [-0.4, -0.2) is 23.0 Å². The Morgan fingerprint density at radius 2 is 1.23 bits per heavy atom. The van der Waals surface area contributed by atoms with Crippen LogP contribution in [0.5, 0.6) is 0 Å². The first-order valence-corrected chi connectivity index (χ1v) is 7.19. The summed E-state index contributed by atoms with van der Waals surface area (Å²) in [5.74, 6) is 10.4. The standard InChI is InChI=1S/C10H14S3/c1-3-5-11-7-9-13-10-8-12-6-4-2/h7-10H2,1-2H3. The Hall–Kier alpha value is 0.170. The number of hydrogen-bond donors (Lipinski definition) is 0. The Morgan fingerprint density at radius 1 is 0.769 bits per heavy atom. The molecule has 0 aliphatic carbocycles. The second-order valence-corrected chi connectivity index (χ2v) is 5.04. The molecule has 0 unspecified atom stereocenters. The third-order valence-electron chi connectivity index (χ3n) is 1.01. The summed E-state index contributed by atoms with van der Waals surface area (Å²) in [4.78, 5) is 0. The molecule has 0 aromatic rings. The molecule has 0 N–H and O–H groups in total. The third-order valence-corrected chi connectivity index (χ3v) is 4.02. The number of thioether (sulfide) groups is 3. The van der Waals surface area contributed by atoms with Gasteiger partial charge < -0.3 is 0 Å². The largest absolute Gasteiger partial charge is 0.160 e.